The molecule has 0 spiro atoms. The van der Waals surface area contributed by atoms with E-state index in [1.807, 2.05) is 0 Å². The number of benzene rings is 1. The first-order valence-electron chi connectivity index (χ1n) is 7.28. The van der Waals surface area contributed by atoms with Crippen LogP contribution in [0.3, 0.4) is 0 Å². The Kier molecular flexibility index (Phi) is 4.62. The minimum atomic E-state index is 0.444. The second-order valence-corrected chi connectivity index (χ2v) is 7.86. The van der Waals surface area contributed by atoms with Crippen molar-refractivity contribution in [2.24, 2.45) is 5.41 Å². The SMILES string of the molecule is Cc1ccc(C)c(C(C)NC2CSCC(C)(C)C2)c1. The molecule has 1 saturated heterocycles. The van der Waals surface area contributed by atoms with E-state index in [2.05, 4.69) is 69.9 Å². The molecule has 1 aromatic rings. The van der Waals surface area contributed by atoms with Crippen molar-refractivity contribution in [1.82, 2.24) is 5.32 Å². The molecule has 0 amide bonds. The Hall–Kier alpha value is -0.470. The lowest BCUT2D eigenvalue weighted by Gasteiger charge is -2.37. The summed E-state index contributed by atoms with van der Waals surface area (Å²) in [6.07, 6.45) is 1.29. The van der Waals surface area contributed by atoms with E-state index in [9.17, 15) is 0 Å². The lowest BCUT2D eigenvalue weighted by atomic mass is 9.87. The van der Waals surface area contributed by atoms with E-state index < -0.39 is 0 Å². The lowest BCUT2D eigenvalue weighted by molar-refractivity contribution is 0.305. The maximum atomic E-state index is 3.84. The van der Waals surface area contributed by atoms with Crippen molar-refractivity contribution < 1.29 is 0 Å². The third kappa shape index (κ3) is 4.00. The van der Waals surface area contributed by atoms with Gasteiger partial charge in [0.25, 0.3) is 0 Å². The highest BCUT2D eigenvalue weighted by molar-refractivity contribution is 7.99. The van der Waals surface area contributed by atoms with Crippen molar-refractivity contribution in [3.8, 4) is 0 Å². The highest BCUT2D eigenvalue weighted by Crippen LogP contribution is 2.34. The summed E-state index contributed by atoms with van der Waals surface area (Å²) in [6.45, 7) is 11.5. The van der Waals surface area contributed by atoms with Crippen LogP contribution < -0.4 is 5.32 Å². The predicted octanol–water partition coefficient (Wildman–Crippen LogP) is 4.49. The van der Waals surface area contributed by atoms with Gasteiger partial charge in [-0.15, -0.1) is 0 Å². The van der Waals surface area contributed by atoms with E-state index in [1.54, 1.807) is 0 Å². The van der Waals surface area contributed by atoms with Crippen LogP contribution in [-0.2, 0) is 0 Å². The zero-order chi connectivity index (χ0) is 14.0. The number of aryl methyl sites for hydroxylation is 2. The van der Waals surface area contributed by atoms with Crippen molar-refractivity contribution in [3.63, 3.8) is 0 Å². The Labute approximate surface area is 122 Å². The summed E-state index contributed by atoms with van der Waals surface area (Å²) in [7, 11) is 0. The molecule has 0 saturated carbocycles. The Bertz CT molecular complexity index is 439. The number of rotatable bonds is 3. The number of hydrogen-bond acceptors (Lipinski definition) is 2. The number of hydrogen-bond donors (Lipinski definition) is 1. The van der Waals surface area contributed by atoms with Crippen LogP contribution >= 0.6 is 11.8 Å². The molecule has 2 atom stereocenters. The number of nitrogens with one attached hydrogen (secondary N) is 1. The average molecular weight is 277 g/mol. The van der Waals surface area contributed by atoms with E-state index in [0.29, 0.717) is 17.5 Å². The molecule has 19 heavy (non-hydrogen) atoms. The Balaban J connectivity index is 2.04. The van der Waals surface area contributed by atoms with Gasteiger partial charge in [0.15, 0.2) is 0 Å². The van der Waals surface area contributed by atoms with Gasteiger partial charge in [0.05, 0.1) is 0 Å². The summed E-state index contributed by atoms with van der Waals surface area (Å²) in [5.74, 6) is 2.54. The maximum absolute atomic E-state index is 3.84. The smallest absolute Gasteiger partial charge is 0.0297 e. The first-order valence-corrected chi connectivity index (χ1v) is 8.44. The van der Waals surface area contributed by atoms with Gasteiger partial charge in [-0.25, -0.2) is 0 Å². The van der Waals surface area contributed by atoms with Gasteiger partial charge < -0.3 is 5.32 Å². The van der Waals surface area contributed by atoms with E-state index in [-0.39, 0.29) is 0 Å². The normalized spacial score (nSPS) is 24.2. The quantitative estimate of drug-likeness (QED) is 0.874. The van der Waals surface area contributed by atoms with E-state index in [4.69, 9.17) is 0 Å². The maximum Gasteiger partial charge on any atom is 0.0297 e. The lowest BCUT2D eigenvalue weighted by Crippen LogP contribution is -2.41. The van der Waals surface area contributed by atoms with Crippen LogP contribution in [0.1, 0.15) is 49.9 Å². The summed E-state index contributed by atoms with van der Waals surface area (Å²) in [4.78, 5) is 0. The predicted molar refractivity (Wildman–Crippen MR) is 87.0 cm³/mol. The molecule has 2 unspecified atom stereocenters. The second kappa shape index (κ2) is 5.88. The molecule has 1 aromatic carbocycles. The molecule has 1 aliphatic rings. The Morgan fingerprint density at radius 1 is 1.32 bits per heavy atom. The molecule has 2 rings (SSSR count). The molecule has 1 aliphatic heterocycles. The van der Waals surface area contributed by atoms with E-state index in [0.717, 1.165) is 0 Å². The van der Waals surface area contributed by atoms with Crippen molar-refractivity contribution in [3.05, 3.63) is 34.9 Å². The minimum Gasteiger partial charge on any atom is -0.307 e. The molecule has 1 N–H and O–H groups in total. The molecule has 0 aliphatic carbocycles. The minimum absolute atomic E-state index is 0.444. The Morgan fingerprint density at radius 3 is 2.74 bits per heavy atom. The fourth-order valence-corrected chi connectivity index (χ4v) is 4.33. The molecule has 0 bridgehead atoms. The monoisotopic (exact) mass is 277 g/mol. The van der Waals surface area contributed by atoms with Gasteiger partial charge in [0.1, 0.15) is 0 Å². The highest BCUT2D eigenvalue weighted by atomic mass is 32.2. The van der Waals surface area contributed by atoms with Crippen LogP contribution in [0, 0.1) is 19.3 Å². The summed E-state index contributed by atoms with van der Waals surface area (Å²) in [5, 5.41) is 3.84. The zero-order valence-electron chi connectivity index (χ0n) is 12.9. The van der Waals surface area contributed by atoms with E-state index in [1.165, 1.54) is 34.6 Å². The molecular formula is C17H27NS. The van der Waals surface area contributed by atoms with Gasteiger partial charge in [-0.1, -0.05) is 37.6 Å². The topological polar surface area (TPSA) is 12.0 Å². The summed E-state index contributed by atoms with van der Waals surface area (Å²) in [5.41, 5.74) is 4.68. The van der Waals surface area contributed by atoms with Gasteiger partial charge >= 0.3 is 0 Å². The third-order valence-electron chi connectivity index (χ3n) is 4.00. The van der Waals surface area contributed by atoms with Gasteiger partial charge in [0, 0.05) is 17.8 Å². The van der Waals surface area contributed by atoms with Gasteiger partial charge in [0.2, 0.25) is 0 Å². The zero-order valence-corrected chi connectivity index (χ0v) is 13.7. The molecule has 1 fully saturated rings. The van der Waals surface area contributed by atoms with Gasteiger partial charge in [-0.05, 0) is 49.5 Å². The van der Waals surface area contributed by atoms with Crippen LogP contribution in [0.5, 0.6) is 0 Å². The van der Waals surface area contributed by atoms with Crippen molar-refractivity contribution >= 4 is 11.8 Å². The van der Waals surface area contributed by atoms with Gasteiger partial charge in [-0.2, -0.15) is 11.8 Å². The number of thioether (sulfide) groups is 1. The van der Waals surface area contributed by atoms with Crippen LogP contribution in [0.4, 0.5) is 0 Å². The van der Waals surface area contributed by atoms with Crippen molar-refractivity contribution in [2.45, 2.75) is 53.1 Å². The molecule has 0 aromatic heterocycles. The summed E-state index contributed by atoms with van der Waals surface area (Å²) < 4.78 is 0. The molecule has 0 radical (unpaired) electrons. The summed E-state index contributed by atoms with van der Waals surface area (Å²) >= 11 is 2.09. The van der Waals surface area contributed by atoms with E-state index >= 15 is 0 Å². The van der Waals surface area contributed by atoms with Crippen molar-refractivity contribution in [1.29, 1.82) is 0 Å². The Morgan fingerprint density at radius 2 is 2.05 bits per heavy atom. The largest absolute Gasteiger partial charge is 0.307 e. The molecule has 1 nitrogen and oxygen atoms in total. The molecule has 2 heteroatoms. The fraction of sp³-hybridized carbons (Fsp3) is 0.647. The summed E-state index contributed by atoms with van der Waals surface area (Å²) in [6, 6.07) is 7.85. The molecule has 106 valence electrons. The first-order chi connectivity index (χ1) is 8.87. The van der Waals surface area contributed by atoms with Crippen molar-refractivity contribution in [2.75, 3.05) is 11.5 Å². The van der Waals surface area contributed by atoms with Gasteiger partial charge in [-0.3, -0.25) is 0 Å². The van der Waals surface area contributed by atoms with Crippen LogP contribution in [0.15, 0.2) is 18.2 Å². The fourth-order valence-electron chi connectivity index (χ4n) is 3.04. The second-order valence-electron chi connectivity index (χ2n) is 6.83. The van der Waals surface area contributed by atoms with Crippen LogP contribution in [-0.4, -0.2) is 17.5 Å². The highest BCUT2D eigenvalue weighted by Gasteiger charge is 2.29. The molecule has 1 heterocycles. The average Bonchev–Trinajstić information content (AvgIpc) is 2.31. The third-order valence-corrected chi connectivity index (χ3v) is 5.62. The molecular weight excluding hydrogens is 250 g/mol. The standard InChI is InChI=1S/C17H27NS/c1-12-6-7-13(2)16(8-12)14(3)18-15-9-17(4,5)11-19-10-15/h6-8,14-15,18H,9-11H2,1-5H3. The van der Waals surface area contributed by atoms with Crippen LogP contribution in [0.25, 0.3) is 0 Å². The van der Waals surface area contributed by atoms with Crippen LogP contribution in [0.2, 0.25) is 0 Å². The first kappa shape index (κ1) is 14.9.